The van der Waals surface area contributed by atoms with E-state index in [0.717, 1.165) is 18.7 Å². The fraction of sp³-hybridized carbons (Fsp3) is 0.533. The van der Waals surface area contributed by atoms with Gasteiger partial charge in [-0.1, -0.05) is 18.5 Å². The molecule has 3 nitrogen and oxygen atoms in total. The number of fused-ring (bicyclic) bond motifs is 1. The molecular formula is C15H20ClN3S. The molecule has 2 aromatic rings. The fourth-order valence-electron chi connectivity index (χ4n) is 2.87. The van der Waals surface area contributed by atoms with Gasteiger partial charge < -0.3 is 5.73 Å². The molecule has 5 heteroatoms. The summed E-state index contributed by atoms with van der Waals surface area (Å²) < 4.78 is 1.95. The Morgan fingerprint density at radius 1 is 1.45 bits per heavy atom. The van der Waals surface area contributed by atoms with Gasteiger partial charge in [-0.2, -0.15) is 5.10 Å². The third-order valence-corrected chi connectivity index (χ3v) is 5.50. The van der Waals surface area contributed by atoms with Gasteiger partial charge in [0.05, 0.1) is 23.0 Å². The number of halogens is 1. The number of rotatable bonds is 4. The Labute approximate surface area is 128 Å². The lowest BCUT2D eigenvalue weighted by Gasteiger charge is -2.13. The van der Waals surface area contributed by atoms with E-state index >= 15 is 0 Å². The van der Waals surface area contributed by atoms with Gasteiger partial charge in [0.2, 0.25) is 0 Å². The van der Waals surface area contributed by atoms with Crippen molar-refractivity contribution < 1.29 is 0 Å². The largest absolute Gasteiger partial charge is 0.318 e. The quantitative estimate of drug-likeness (QED) is 0.929. The molecule has 0 bridgehead atoms. The monoisotopic (exact) mass is 309 g/mol. The molecule has 1 aliphatic rings. The summed E-state index contributed by atoms with van der Waals surface area (Å²) in [6.07, 6.45) is 7.73. The van der Waals surface area contributed by atoms with Gasteiger partial charge in [0, 0.05) is 16.3 Å². The van der Waals surface area contributed by atoms with Crippen LogP contribution >= 0.6 is 22.9 Å². The predicted molar refractivity (Wildman–Crippen MR) is 84.5 cm³/mol. The second-order valence-corrected chi connectivity index (χ2v) is 6.96. The molecule has 0 saturated heterocycles. The van der Waals surface area contributed by atoms with Crippen molar-refractivity contribution in [3.8, 4) is 0 Å². The van der Waals surface area contributed by atoms with E-state index in [-0.39, 0.29) is 6.04 Å². The molecule has 2 aromatic heterocycles. The van der Waals surface area contributed by atoms with Crippen LogP contribution in [0.15, 0.2) is 12.3 Å². The van der Waals surface area contributed by atoms with E-state index in [9.17, 15) is 0 Å². The SMILES string of the molecule is CCCn1ncc(Cl)c1C(N)c1cc2c(s1)CCCC2. The second kappa shape index (κ2) is 5.88. The Kier molecular flexibility index (Phi) is 4.15. The highest BCUT2D eigenvalue weighted by Gasteiger charge is 2.22. The zero-order chi connectivity index (χ0) is 14.1. The van der Waals surface area contributed by atoms with Crippen LogP contribution in [-0.2, 0) is 19.4 Å². The Morgan fingerprint density at radius 3 is 3.00 bits per heavy atom. The maximum Gasteiger partial charge on any atom is 0.0837 e. The van der Waals surface area contributed by atoms with E-state index in [1.54, 1.807) is 6.20 Å². The number of hydrogen-bond acceptors (Lipinski definition) is 3. The molecule has 1 unspecified atom stereocenters. The summed E-state index contributed by atoms with van der Waals surface area (Å²) in [6.45, 7) is 3.00. The fourth-order valence-corrected chi connectivity index (χ4v) is 4.39. The molecule has 2 heterocycles. The summed E-state index contributed by atoms with van der Waals surface area (Å²) in [5, 5.41) is 5.02. The van der Waals surface area contributed by atoms with Crippen LogP contribution in [0, 0.1) is 0 Å². The van der Waals surface area contributed by atoms with Crippen LogP contribution in [0.4, 0.5) is 0 Å². The van der Waals surface area contributed by atoms with Gasteiger partial charge in [0.25, 0.3) is 0 Å². The van der Waals surface area contributed by atoms with Crippen molar-refractivity contribution in [2.45, 2.75) is 51.6 Å². The molecule has 2 N–H and O–H groups in total. The minimum atomic E-state index is -0.160. The Hall–Kier alpha value is -0.840. The summed E-state index contributed by atoms with van der Waals surface area (Å²) in [4.78, 5) is 2.73. The molecule has 0 aromatic carbocycles. The van der Waals surface area contributed by atoms with Crippen molar-refractivity contribution in [3.05, 3.63) is 38.3 Å². The maximum absolute atomic E-state index is 6.47. The highest BCUT2D eigenvalue weighted by Crippen LogP contribution is 2.36. The average Bonchev–Trinajstić information content (AvgIpc) is 3.02. The van der Waals surface area contributed by atoms with Crippen molar-refractivity contribution in [2.75, 3.05) is 0 Å². The molecule has 3 rings (SSSR count). The van der Waals surface area contributed by atoms with E-state index in [0.29, 0.717) is 5.02 Å². The van der Waals surface area contributed by atoms with Gasteiger partial charge in [0.15, 0.2) is 0 Å². The predicted octanol–water partition coefficient (Wildman–Crippen LogP) is 3.93. The summed E-state index contributed by atoms with van der Waals surface area (Å²) >= 11 is 8.15. The summed E-state index contributed by atoms with van der Waals surface area (Å²) in [6, 6.07) is 2.12. The third kappa shape index (κ3) is 2.52. The molecule has 108 valence electrons. The summed E-state index contributed by atoms with van der Waals surface area (Å²) in [7, 11) is 0. The van der Waals surface area contributed by atoms with Crippen molar-refractivity contribution >= 4 is 22.9 Å². The molecule has 0 saturated carbocycles. The summed E-state index contributed by atoms with van der Waals surface area (Å²) in [5.41, 5.74) is 8.91. The first-order valence-corrected chi connectivity index (χ1v) is 8.48. The zero-order valence-electron chi connectivity index (χ0n) is 11.7. The number of nitrogens with zero attached hydrogens (tertiary/aromatic N) is 2. The smallest absolute Gasteiger partial charge is 0.0837 e. The minimum absolute atomic E-state index is 0.160. The van der Waals surface area contributed by atoms with Crippen LogP contribution < -0.4 is 5.73 Å². The first-order valence-electron chi connectivity index (χ1n) is 7.29. The van der Waals surface area contributed by atoms with Crippen molar-refractivity contribution in [2.24, 2.45) is 5.73 Å². The Bertz CT molecular complexity index is 579. The van der Waals surface area contributed by atoms with Gasteiger partial charge in [-0.25, -0.2) is 0 Å². The Balaban J connectivity index is 1.94. The number of aryl methyl sites for hydroxylation is 3. The van der Waals surface area contributed by atoms with Gasteiger partial charge in [-0.05, 0) is 43.7 Å². The first kappa shape index (κ1) is 14.1. The van der Waals surface area contributed by atoms with E-state index in [1.807, 2.05) is 16.0 Å². The lowest BCUT2D eigenvalue weighted by atomic mass is 9.98. The molecule has 0 fully saturated rings. The second-order valence-electron chi connectivity index (χ2n) is 5.38. The van der Waals surface area contributed by atoms with Crippen molar-refractivity contribution in [1.29, 1.82) is 0 Å². The molecule has 0 spiro atoms. The third-order valence-electron chi connectivity index (χ3n) is 3.89. The zero-order valence-corrected chi connectivity index (χ0v) is 13.3. The number of nitrogens with two attached hydrogens (primary N) is 1. The molecule has 0 aliphatic heterocycles. The lowest BCUT2D eigenvalue weighted by Crippen LogP contribution is -2.17. The lowest BCUT2D eigenvalue weighted by molar-refractivity contribution is 0.561. The minimum Gasteiger partial charge on any atom is -0.318 e. The molecule has 1 aliphatic carbocycles. The van der Waals surface area contributed by atoms with Crippen LogP contribution in [0.1, 0.15) is 53.2 Å². The van der Waals surface area contributed by atoms with Crippen LogP contribution in [0.25, 0.3) is 0 Å². The number of aromatic nitrogens is 2. The van der Waals surface area contributed by atoms with Crippen LogP contribution in [0.2, 0.25) is 5.02 Å². The average molecular weight is 310 g/mol. The highest BCUT2D eigenvalue weighted by molar-refractivity contribution is 7.12. The standard InChI is InChI=1S/C15H20ClN3S/c1-2-7-19-15(11(16)9-18-19)14(17)13-8-10-5-3-4-6-12(10)20-13/h8-9,14H,2-7,17H2,1H3. The van der Waals surface area contributed by atoms with Gasteiger partial charge in [-0.15, -0.1) is 11.3 Å². The van der Waals surface area contributed by atoms with Crippen molar-refractivity contribution in [1.82, 2.24) is 9.78 Å². The molecule has 20 heavy (non-hydrogen) atoms. The maximum atomic E-state index is 6.47. The Morgan fingerprint density at radius 2 is 2.25 bits per heavy atom. The van der Waals surface area contributed by atoms with Crippen LogP contribution in [0.5, 0.6) is 0 Å². The van der Waals surface area contributed by atoms with E-state index in [2.05, 4.69) is 18.1 Å². The molecular weight excluding hydrogens is 290 g/mol. The van der Waals surface area contributed by atoms with Crippen LogP contribution in [-0.4, -0.2) is 9.78 Å². The molecule has 0 radical (unpaired) electrons. The van der Waals surface area contributed by atoms with E-state index in [1.165, 1.54) is 41.0 Å². The molecule has 1 atom stereocenters. The number of thiophene rings is 1. The van der Waals surface area contributed by atoms with E-state index < -0.39 is 0 Å². The van der Waals surface area contributed by atoms with Gasteiger partial charge >= 0.3 is 0 Å². The summed E-state index contributed by atoms with van der Waals surface area (Å²) in [5.74, 6) is 0. The topological polar surface area (TPSA) is 43.8 Å². The molecule has 0 amide bonds. The van der Waals surface area contributed by atoms with Gasteiger partial charge in [-0.3, -0.25) is 4.68 Å². The number of hydrogen-bond donors (Lipinski definition) is 1. The highest BCUT2D eigenvalue weighted by atomic mass is 35.5. The normalized spacial score (nSPS) is 16.1. The van der Waals surface area contributed by atoms with Crippen LogP contribution in [0.3, 0.4) is 0 Å². The van der Waals surface area contributed by atoms with E-state index in [4.69, 9.17) is 17.3 Å². The van der Waals surface area contributed by atoms with Crippen molar-refractivity contribution in [3.63, 3.8) is 0 Å². The first-order chi connectivity index (χ1) is 9.70. The van der Waals surface area contributed by atoms with Gasteiger partial charge in [0.1, 0.15) is 0 Å².